The molecule has 0 aliphatic rings. The molecule has 1 aromatic carbocycles. The summed E-state index contributed by atoms with van der Waals surface area (Å²) in [6, 6.07) is 3.38. The van der Waals surface area contributed by atoms with Gasteiger partial charge in [-0.25, -0.2) is 22.0 Å². The van der Waals surface area contributed by atoms with Crippen LogP contribution >= 0.6 is 0 Å². The van der Waals surface area contributed by atoms with E-state index in [-0.39, 0.29) is 6.42 Å². The van der Waals surface area contributed by atoms with Gasteiger partial charge in [-0.2, -0.15) is 0 Å². The second kappa shape index (κ2) is 5.54. The molecule has 0 spiro atoms. The number of nitrogens with zero attached hydrogens (tertiary/aromatic N) is 1. The predicted octanol–water partition coefficient (Wildman–Crippen LogP) is 3.02. The first-order valence-electron chi connectivity index (χ1n) is 5.60. The molecule has 1 heterocycles. The second-order valence-corrected chi connectivity index (χ2v) is 4.12. The molecule has 0 aliphatic carbocycles. The molecule has 0 saturated heterocycles. The molecular weight excluding hydrogens is 279 g/mol. The molecule has 0 aliphatic heterocycles. The lowest BCUT2D eigenvalue weighted by molar-refractivity contribution is 0.363. The fourth-order valence-electron chi connectivity index (χ4n) is 1.79. The maximum absolute atomic E-state index is 13.5. The molecule has 0 bridgehead atoms. The van der Waals surface area contributed by atoms with Gasteiger partial charge < -0.3 is 5.73 Å². The summed E-state index contributed by atoms with van der Waals surface area (Å²) in [4.78, 5) is 3.88. The van der Waals surface area contributed by atoms with Crippen LogP contribution in [0.1, 0.15) is 17.3 Å². The summed E-state index contributed by atoms with van der Waals surface area (Å²) < 4.78 is 66.1. The van der Waals surface area contributed by atoms with Crippen molar-refractivity contribution in [3.05, 3.63) is 64.7 Å². The van der Waals surface area contributed by atoms with Crippen molar-refractivity contribution in [2.45, 2.75) is 12.5 Å². The van der Waals surface area contributed by atoms with Gasteiger partial charge in [0.1, 0.15) is 0 Å². The van der Waals surface area contributed by atoms with E-state index in [0.29, 0.717) is 5.69 Å². The zero-order chi connectivity index (χ0) is 14.9. The number of rotatable bonds is 3. The van der Waals surface area contributed by atoms with Crippen LogP contribution in [-0.2, 0) is 6.42 Å². The average Bonchev–Trinajstić information content (AvgIpc) is 2.44. The summed E-state index contributed by atoms with van der Waals surface area (Å²) in [6.45, 7) is 0. The molecule has 2 rings (SSSR count). The van der Waals surface area contributed by atoms with Crippen molar-refractivity contribution in [1.29, 1.82) is 0 Å². The highest BCUT2D eigenvalue weighted by Gasteiger charge is 2.29. The van der Waals surface area contributed by atoms with Gasteiger partial charge in [0.2, 0.25) is 5.82 Å². The van der Waals surface area contributed by atoms with E-state index in [2.05, 4.69) is 4.98 Å². The molecule has 0 fully saturated rings. The molecule has 2 aromatic rings. The lowest BCUT2D eigenvalue weighted by Gasteiger charge is -2.15. The Morgan fingerprint density at radius 1 is 0.900 bits per heavy atom. The van der Waals surface area contributed by atoms with Crippen LogP contribution in [0.25, 0.3) is 0 Å². The normalized spacial score (nSPS) is 12.5. The second-order valence-electron chi connectivity index (χ2n) is 4.12. The van der Waals surface area contributed by atoms with E-state index >= 15 is 0 Å². The Morgan fingerprint density at radius 2 is 1.45 bits per heavy atom. The summed E-state index contributed by atoms with van der Waals surface area (Å²) in [6.07, 6.45) is 1.28. The Labute approximate surface area is 111 Å². The summed E-state index contributed by atoms with van der Waals surface area (Å²) in [7, 11) is 0. The van der Waals surface area contributed by atoms with Crippen molar-refractivity contribution in [3.63, 3.8) is 0 Å². The fraction of sp³-hybridized carbons (Fsp3) is 0.154. The van der Waals surface area contributed by atoms with Crippen molar-refractivity contribution in [3.8, 4) is 0 Å². The van der Waals surface area contributed by atoms with Gasteiger partial charge in [0, 0.05) is 29.9 Å². The molecule has 0 saturated carbocycles. The van der Waals surface area contributed by atoms with Crippen LogP contribution in [0.3, 0.4) is 0 Å². The van der Waals surface area contributed by atoms with E-state index in [4.69, 9.17) is 5.73 Å². The fourth-order valence-corrected chi connectivity index (χ4v) is 1.79. The quantitative estimate of drug-likeness (QED) is 0.535. The Bertz CT molecular complexity index is 601. The Morgan fingerprint density at radius 3 is 1.95 bits per heavy atom. The summed E-state index contributed by atoms with van der Waals surface area (Å²) in [5.74, 6) is -10.0. The van der Waals surface area contributed by atoms with Crippen molar-refractivity contribution in [2.24, 2.45) is 5.73 Å². The standard InChI is InChI=1S/C13H9F5N2/c14-9-8(10(15)12(17)13(18)11(9)16)7(19)5-6-3-1-2-4-20-6/h1-4,7H,5,19H2. The minimum absolute atomic E-state index is 0.154. The highest BCUT2D eigenvalue weighted by Crippen LogP contribution is 2.28. The van der Waals surface area contributed by atoms with Crippen molar-refractivity contribution < 1.29 is 22.0 Å². The lowest BCUT2D eigenvalue weighted by Crippen LogP contribution is -2.20. The maximum Gasteiger partial charge on any atom is 0.200 e. The van der Waals surface area contributed by atoms with Gasteiger partial charge in [0.05, 0.1) is 0 Å². The molecule has 1 atom stereocenters. The van der Waals surface area contributed by atoms with E-state index < -0.39 is 40.7 Å². The maximum atomic E-state index is 13.5. The van der Waals surface area contributed by atoms with Crippen molar-refractivity contribution >= 4 is 0 Å². The third kappa shape index (κ3) is 2.49. The molecule has 7 heteroatoms. The number of halogens is 5. The SMILES string of the molecule is NC(Cc1ccccn1)c1c(F)c(F)c(F)c(F)c1F. The summed E-state index contributed by atoms with van der Waals surface area (Å²) in [5.41, 5.74) is 4.88. The molecule has 0 radical (unpaired) electrons. The van der Waals surface area contributed by atoms with E-state index in [1.807, 2.05) is 0 Å². The van der Waals surface area contributed by atoms with Crippen LogP contribution in [0.15, 0.2) is 24.4 Å². The summed E-state index contributed by atoms with van der Waals surface area (Å²) >= 11 is 0. The van der Waals surface area contributed by atoms with Crippen LogP contribution in [0.4, 0.5) is 22.0 Å². The van der Waals surface area contributed by atoms with Gasteiger partial charge in [-0.1, -0.05) is 6.07 Å². The highest BCUT2D eigenvalue weighted by atomic mass is 19.2. The number of benzene rings is 1. The lowest BCUT2D eigenvalue weighted by atomic mass is 10.0. The topological polar surface area (TPSA) is 38.9 Å². The number of aromatic nitrogens is 1. The molecule has 1 unspecified atom stereocenters. The van der Waals surface area contributed by atoms with Gasteiger partial charge in [0.15, 0.2) is 23.3 Å². The number of nitrogens with two attached hydrogens (primary N) is 1. The van der Waals surface area contributed by atoms with Crippen molar-refractivity contribution in [1.82, 2.24) is 4.98 Å². The van der Waals surface area contributed by atoms with Crippen LogP contribution < -0.4 is 5.73 Å². The van der Waals surface area contributed by atoms with Crippen molar-refractivity contribution in [2.75, 3.05) is 0 Å². The molecular formula is C13H9F5N2. The van der Waals surface area contributed by atoms with E-state index in [9.17, 15) is 22.0 Å². The van der Waals surface area contributed by atoms with Gasteiger partial charge >= 0.3 is 0 Å². The van der Waals surface area contributed by atoms with Crippen LogP contribution in [0.2, 0.25) is 0 Å². The smallest absolute Gasteiger partial charge is 0.200 e. The monoisotopic (exact) mass is 288 g/mol. The van der Waals surface area contributed by atoms with Crippen LogP contribution in [0, 0.1) is 29.1 Å². The minimum Gasteiger partial charge on any atom is -0.323 e. The molecule has 2 N–H and O–H groups in total. The third-order valence-electron chi connectivity index (χ3n) is 2.77. The molecule has 20 heavy (non-hydrogen) atoms. The molecule has 106 valence electrons. The van der Waals surface area contributed by atoms with Crippen LogP contribution in [0.5, 0.6) is 0 Å². The molecule has 0 amide bonds. The van der Waals surface area contributed by atoms with Crippen LogP contribution in [-0.4, -0.2) is 4.98 Å². The first-order chi connectivity index (χ1) is 9.43. The number of hydrogen-bond acceptors (Lipinski definition) is 2. The first kappa shape index (κ1) is 14.4. The van der Waals surface area contributed by atoms with E-state index in [0.717, 1.165) is 0 Å². The Hall–Kier alpha value is -2.02. The summed E-state index contributed by atoms with van der Waals surface area (Å²) in [5, 5.41) is 0. The Balaban J connectivity index is 2.42. The average molecular weight is 288 g/mol. The predicted molar refractivity (Wildman–Crippen MR) is 61.1 cm³/mol. The van der Waals surface area contributed by atoms with Gasteiger partial charge in [-0.3, -0.25) is 4.98 Å². The number of pyridine rings is 1. The Kier molecular flexibility index (Phi) is 3.99. The zero-order valence-electron chi connectivity index (χ0n) is 10.0. The highest BCUT2D eigenvalue weighted by molar-refractivity contribution is 5.28. The van der Waals surface area contributed by atoms with Gasteiger partial charge in [-0.15, -0.1) is 0 Å². The van der Waals surface area contributed by atoms with E-state index in [1.165, 1.54) is 12.3 Å². The molecule has 1 aromatic heterocycles. The molecule has 2 nitrogen and oxygen atoms in total. The van der Waals surface area contributed by atoms with Gasteiger partial charge in [-0.05, 0) is 12.1 Å². The van der Waals surface area contributed by atoms with E-state index in [1.54, 1.807) is 12.1 Å². The number of hydrogen-bond donors (Lipinski definition) is 1. The minimum atomic E-state index is -2.20. The largest absolute Gasteiger partial charge is 0.323 e. The van der Waals surface area contributed by atoms with Gasteiger partial charge in [0.25, 0.3) is 0 Å². The zero-order valence-corrected chi connectivity index (χ0v) is 10.0. The first-order valence-corrected chi connectivity index (χ1v) is 5.60. The third-order valence-corrected chi connectivity index (χ3v) is 2.77.